The van der Waals surface area contributed by atoms with E-state index in [0.29, 0.717) is 12.3 Å². The maximum absolute atomic E-state index is 10.3. The minimum Gasteiger partial charge on any atom is -0.390 e. The number of hydrogen-bond donors (Lipinski definition) is 0. The molecule has 2 fully saturated rings. The zero-order valence-electron chi connectivity index (χ0n) is 11.8. The highest BCUT2D eigenvalue weighted by atomic mass is 16.6. The second-order valence-electron chi connectivity index (χ2n) is 4.66. The zero-order chi connectivity index (χ0) is 14.3. The van der Waals surface area contributed by atoms with Crippen molar-refractivity contribution in [1.82, 2.24) is 14.5 Å². The summed E-state index contributed by atoms with van der Waals surface area (Å²) < 4.78 is 6.21. The van der Waals surface area contributed by atoms with Gasteiger partial charge >= 0.3 is 5.95 Å². The highest BCUT2D eigenvalue weighted by molar-refractivity contribution is 5.13. The molecule has 0 spiro atoms. The number of rotatable bonds is 3. The largest absolute Gasteiger partial charge is 0.434 e. The molecule has 0 unspecified atom stereocenters. The SMILES string of the molecule is C1CC1.CN1CC1.COCc1cnc([N+](=O)[O-])n1C. The van der Waals surface area contributed by atoms with Crippen molar-refractivity contribution in [3.8, 4) is 0 Å². The Labute approximate surface area is 113 Å². The third kappa shape index (κ3) is 6.88. The molecule has 108 valence electrons. The first-order valence-electron chi connectivity index (χ1n) is 6.38. The van der Waals surface area contributed by atoms with Crippen LogP contribution in [0.2, 0.25) is 0 Å². The number of methoxy groups -OCH3 is 1. The monoisotopic (exact) mass is 270 g/mol. The van der Waals surface area contributed by atoms with Gasteiger partial charge in [-0.1, -0.05) is 24.2 Å². The van der Waals surface area contributed by atoms with Crippen molar-refractivity contribution >= 4 is 5.95 Å². The van der Waals surface area contributed by atoms with E-state index in [9.17, 15) is 10.1 Å². The molecule has 1 aromatic rings. The molecule has 2 aliphatic rings. The predicted octanol–water partition coefficient (Wildman–Crippen LogP) is 1.58. The van der Waals surface area contributed by atoms with Gasteiger partial charge in [0.2, 0.25) is 0 Å². The minimum absolute atomic E-state index is 0.165. The van der Waals surface area contributed by atoms with Gasteiger partial charge in [0.15, 0.2) is 0 Å². The van der Waals surface area contributed by atoms with Crippen LogP contribution in [-0.4, -0.2) is 46.6 Å². The topological polar surface area (TPSA) is 73.2 Å². The summed E-state index contributed by atoms with van der Waals surface area (Å²) in [5.41, 5.74) is 0.684. The Balaban J connectivity index is 0.000000206. The van der Waals surface area contributed by atoms with E-state index in [-0.39, 0.29) is 5.95 Å². The molecule has 1 aromatic heterocycles. The Kier molecular flexibility index (Phi) is 6.44. The molecule has 3 rings (SSSR count). The first-order chi connectivity index (χ1) is 9.06. The lowest BCUT2D eigenvalue weighted by molar-refractivity contribution is -0.396. The van der Waals surface area contributed by atoms with Gasteiger partial charge in [0.25, 0.3) is 0 Å². The number of ether oxygens (including phenoxy) is 1. The van der Waals surface area contributed by atoms with Crippen LogP contribution >= 0.6 is 0 Å². The highest BCUT2D eigenvalue weighted by Gasteiger charge is 2.16. The Morgan fingerprint density at radius 3 is 2.16 bits per heavy atom. The van der Waals surface area contributed by atoms with E-state index >= 15 is 0 Å². The summed E-state index contributed by atoms with van der Waals surface area (Å²) in [7, 11) is 5.22. The number of hydrogen-bond acceptors (Lipinski definition) is 5. The summed E-state index contributed by atoms with van der Waals surface area (Å²) in [6.07, 6.45) is 5.93. The quantitative estimate of drug-likeness (QED) is 0.473. The van der Waals surface area contributed by atoms with Crippen LogP contribution < -0.4 is 0 Å². The fraction of sp³-hybridized carbons (Fsp3) is 0.750. The number of imidazole rings is 1. The lowest BCUT2D eigenvalue weighted by Crippen LogP contribution is -2.02. The summed E-state index contributed by atoms with van der Waals surface area (Å²) in [5.74, 6) is -0.165. The van der Waals surface area contributed by atoms with E-state index in [4.69, 9.17) is 4.74 Å². The van der Waals surface area contributed by atoms with Crippen molar-refractivity contribution in [3.05, 3.63) is 22.0 Å². The molecule has 0 atom stereocenters. The van der Waals surface area contributed by atoms with Crippen molar-refractivity contribution in [2.45, 2.75) is 25.9 Å². The molecule has 0 bridgehead atoms. The molecule has 1 saturated heterocycles. The Bertz CT molecular complexity index is 397. The van der Waals surface area contributed by atoms with Crippen molar-refractivity contribution < 1.29 is 9.66 Å². The maximum Gasteiger partial charge on any atom is 0.434 e. The van der Waals surface area contributed by atoms with E-state index < -0.39 is 4.92 Å². The molecule has 1 saturated carbocycles. The van der Waals surface area contributed by atoms with Gasteiger partial charge in [0, 0.05) is 20.2 Å². The first-order valence-corrected chi connectivity index (χ1v) is 6.38. The minimum atomic E-state index is -0.529. The average molecular weight is 270 g/mol. The van der Waals surface area contributed by atoms with Crippen LogP contribution in [0.1, 0.15) is 25.0 Å². The number of aromatic nitrogens is 2. The molecule has 19 heavy (non-hydrogen) atoms. The molecule has 1 aliphatic heterocycles. The number of nitrogens with zero attached hydrogens (tertiary/aromatic N) is 4. The third-order valence-corrected chi connectivity index (χ3v) is 2.54. The molecule has 0 N–H and O–H groups in total. The fourth-order valence-corrected chi connectivity index (χ4v) is 0.985. The van der Waals surface area contributed by atoms with Crippen molar-refractivity contribution in [2.75, 3.05) is 27.2 Å². The molecular weight excluding hydrogens is 248 g/mol. The zero-order valence-corrected chi connectivity index (χ0v) is 11.8. The van der Waals surface area contributed by atoms with Crippen LogP contribution in [0, 0.1) is 10.1 Å². The number of likely N-dealkylation sites (N-methyl/N-ethyl adjacent to an activating group) is 1. The fourth-order valence-electron chi connectivity index (χ4n) is 0.985. The van der Waals surface area contributed by atoms with Gasteiger partial charge in [-0.05, 0) is 12.0 Å². The molecule has 2 heterocycles. The van der Waals surface area contributed by atoms with Crippen LogP contribution in [0.4, 0.5) is 5.95 Å². The summed E-state index contributed by atoms with van der Waals surface area (Å²) in [5, 5.41) is 10.3. The smallest absolute Gasteiger partial charge is 0.390 e. The molecule has 7 nitrogen and oxygen atoms in total. The second kappa shape index (κ2) is 7.85. The summed E-state index contributed by atoms with van der Waals surface area (Å²) in [4.78, 5) is 15.7. The van der Waals surface area contributed by atoms with Crippen LogP contribution in [0.25, 0.3) is 0 Å². The van der Waals surface area contributed by atoms with E-state index in [0.717, 1.165) is 0 Å². The van der Waals surface area contributed by atoms with Gasteiger partial charge in [-0.2, -0.15) is 0 Å². The van der Waals surface area contributed by atoms with Crippen molar-refractivity contribution in [3.63, 3.8) is 0 Å². The maximum atomic E-state index is 10.3. The summed E-state index contributed by atoms with van der Waals surface area (Å²) >= 11 is 0. The predicted molar refractivity (Wildman–Crippen MR) is 71.9 cm³/mol. The molecule has 0 amide bonds. The highest BCUT2D eigenvalue weighted by Crippen LogP contribution is 2.14. The van der Waals surface area contributed by atoms with Gasteiger partial charge in [0.05, 0.1) is 7.05 Å². The summed E-state index contributed by atoms with van der Waals surface area (Å²) in [6, 6.07) is 0. The Morgan fingerprint density at radius 1 is 1.37 bits per heavy atom. The summed E-state index contributed by atoms with van der Waals surface area (Å²) in [6.45, 7) is 2.97. The Morgan fingerprint density at radius 2 is 1.89 bits per heavy atom. The number of nitro groups is 1. The molecule has 0 radical (unpaired) electrons. The molecular formula is C12H22N4O3. The van der Waals surface area contributed by atoms with E-state index in [1.807, 2.05) is 0 Å². The second-order valence-corrected chi connectivity index (χ2v) is 4.66. The normalized spacial score (nSPS) is 15.7. The van der Waals surface area contributed by atoms with Crippen LogP contribution in [0.5, 0.6) is 0 Å². The van der Waals surface area contributed by atoms with Crippen molar-refractivity contribution in [1.29, 1.82) is 0 Å². The molecule has 0 aromatic carbocycles. The van der Waals surface area contributed by atoms with Gasteiger partial charge in [-0.25, -0.2) is 4.57 Å². The van der Waals surface area contributed by atoms with Crippen LogP contribution in [-0.2, 0) is 18.4 Å². The van der Waals surface area contributed by atoms with E-state index in [1.165, 1.54) is 50.2 Å². The van der Waals surface area contributed by atoms with E-state index in [1.54, 1.807) is 7.05 Å². The molecule has 7 heteroatoms. The third-order valence-electron chi connectivity index (χ3n) is 2.54. The lowest BCUT2D eigenvalue weighted by atomic mass is 10.5. The lowest BCUT2D eigenvalue weighted by Gasteiger charge is -1.97. The first kappa shape index (κ1) is 15.6. The van der Waals surface area contributed by atoms with Gasteiger partial charge in [0.1, 0.15) is 18.5 Å². The Hall–Kier alpha value is -1.47. The van der Waals surface area contributed by atoms with Crippen LogP contribution in [0.15, 0.2) is 6.20 Å². The van der Waals surface area contributed by atoms with Gasteiger partial charge in [-0.15, -0.1) is 0 Å². The molecule has 1 aliphatic carbocycles. The van der Waals surface area contributed by atoms with Crippen LogP contribution in [0.3, 0.4) is 0 Å². The van der Waals surface area contributed by atoms with Crippen molar-refractivity contribution in [2.24, 2.45) is 7.05 Å². The van der Waals surface area contributed by atoms with E-state index in [2.05, 4.69) is 16.9 Å². The average Bonchev–Trinajstić information content (AvgIpc) is 3.24. The van der Waals surface area contributed by atoms with Gasteiger partial charge < -0.3 is 19.8 Å². The standard InChI is InChI=1S/C6H9N3O3.C3H7N.C3H6/c1-8-5(4-12-2)3-7-6(8)9(10)11;1-4-2-3-4;1-2-3-1/h3H,4H2,1-2H3;2-3H2,1H3;1-3H2. The van der Waals surface area contributed by atoms with Gasteiger partial charge in [-0.3, -0.25) is 0 Å².